The third kappa shape index (κ3) is 2.98. The summed E-state index contributed by atoms with van der Waals surface area (Å²) < 4.78 is 0. The molecular formula is C13H13N3O2. The van der Waals surface area contributed by atoms with Crippen molar-refractivity contribution in [3.8, 4) is 0 Å². The van der Waals surface area contributed by atoms with E-state index in [1.165, 1.54) is 18.3 Å². The minimum atomic E-state index is -0.242. The topological polar surface area (TPSA) is 88.0 Å². The van der Waals surface area contributed by atoms with Crippen molar-refractivity contribution in [3.05, 3.63) is 64.1 Å². The van der Waals surface area contributed by atoms with Crippen molar-refractivity contribution < 1.29 is 4.79 Å². The van der Waals surface area contributed by atoms with E-state index in [2.05, 4.69) is 10.3 Å². The molecule has 0 saturated carbocycles. The van der Waals surface area contributed by atoms with Gasteiger partial charge in [-0.25, -0.2) is 0 Å². The molecule has 18 heavy (non-hydrogen) atoms. The molecule has 0 radical (unpaired) electrons. The molecule has 0 saturated heterocycles. The fraction of sp³-hybridized carbons (Fsp3) is 0.0769. The van der Waals surface area contributed by atoms with Crippen molar-refractivity contribution in [2.24, 2.45) is 0 Å². The number of hydrogen-bond donors (Lipinski definition) is 3. The summed E-state index contributed by atoms with van der Waals surface area (Å²) in [6.45, 7) is 0.392. The van der Waals surface area contributed by atoms with Crippen molar-refractivity contribution >= 4 is 11.6 Å². The maximum Gasteiger partial charge on any atom is 0.253 e. The van der Waals surface area contributed by atoms with E-state index >= 15 is 0 Å². The van der Waals surface area contributed by atoms with Gasteiger partial charge in [-0.05, 0) is 23.8 Å². The highest BCUT2D eigenvalue weighted by atomic mass is 16.1. The number of carbonyl (C=O) groups is 1. The van der Waals surface area contributed by atoms with Gasteiger partial charge in [0.25, 0.3) is 5.91 Å². The van der Waals surface area contributed by atoms with Gasteiger partial charge in [-0.2, -0.15) is 0 Å². The fourth-order valence-electron chi connectivity index (χ4n) is 1.54. The lowest BCUT2D eigenvalue weighted by atomic mass is 10.2. The second-order valence-electron chi connectivity index (χ2n) is 3.87. The average Bonchev–Trinajstić information content (AvgIpc) is 2.37. The van der Waals surface area contributed by atoms with Gasteiger partial charge < -0.3 is 16.0 Å². The summed E-state index contributed by atoms with van der Waals surface area (Å²) >= 11 is 0. The Hall–Kier alpha value is -2.56. The molecule has 4 N–H and O–H groups in total. The lowest BCUT2D eigenvalue weighted by Crippen LogP contribution is -2.23. The molecule has 1 aromatic heterocycles. The zero-order valence-electron chi connectivity index (χ0n) is 9.64. The first-order valence-corrected chi connectivity index (χ1v) is 5.46. The third-order valence-electron chi connectivity index (χ3n) is 2.45. The summed E-state index contributed by atoms with van der Waals surface area (Å²) in [6, 6.07) is 10.1. The maximum atomic E-state index is 11.7. The maximum absolute atomic E-state index is 11.7. The Balaban J connectivity index is 2.00. The third-order valence-corrected chi connectivity index (χ3v) is 2.45. The Morgan fingerprint density at radius 2 is 2.11 bits per heavy atom. The fourth-order valence-corrected chi connectivity index (χ4v) is 1.54. The highest BCUT2D eigenvalue weighted by molar-refractivity contribution is 5.93. The standard InChI is InChI=1S/C13H13N3O2/c14-11-3-1-2-9(6-11)7-16-13(18)10-4-5-12(17)15-8-10/h1-6,8H,7,14H2,(H,15,17)(H,16,18). The summed E-state index contributed by atoms with van der Waals surface area (Å²) in [6.07, 6.45) is 1.39. The Labute approximate surface area is 104 Å². The molecule has 0 aliphatic rings. The van der Waals surface area contributed by atoms with Crippen molar-refractivity contribution in [1.29, 1.82) is 0 Å². The lowest BCUT2D eigenvalue weighted by molar-refractivity contribution is 0.0950. The van der Waals surface area contributed by atoms with Crippen molar-refractivity contribution in [1.82, 2.24) is 10.3 Å². The lowest BCUT2D eigenvalue weighted by Gasteiger charge is -2.05. The van der Waals surface area contributed by atoms with Crippen LogP contribution in [0.5, 0.6) is 0 Å². The quantitative estimate of drug-likeness (QED) is 0.699. The van der Waals surface area contributed by atoms with Crippen molar-refractivity contribution in [2.45, 2.75) is 6.54 Å². The van der Waals surface area contributed by atoms with E-state index < -0.39 is 0 Å². The van der Waals surface area contributed by atoms with E-state index in [0.29, 0.717) is 17.8 Å². The van der Waals surface area contributed by atoms with E-state index in [1.807, 2.05) is 12.1 Å². The van der Waals surface area contributed by atoms with E-state index in [1.54, 1.807) is 12.1 Å². The Morgan fingerprint density at radius 3 is 2.78 bits per heavy atom. The number of rotatable bonds is 3. The van der Waals surface area contributed by atoms with Crippen LogP contribution in [0.4, 0.5) is 5.69 Å². The highest BCUT2D eigenvalue weighted by Crippen LogP contribution is 2.06. The minimum absolute atomic E-state index is 0.234. The van der Waals surface area contributed by atoms with Gasteiger partial charge >= 0.3 is 0 Å². The number of anilines is 1. The summed E-state index contributed by atoms with van der Waals surface area (Å²) in [5, 5.41) is 2.75. The van der Waals surface area contributed by atoms with Crippen LogP contribution in [0.3, 0.4) is 0 Å². The Morgan fingerprint density at radius 1 is 1.28 bits per heavy atom. The number of H-pyrrole nitrogens is 1. The van der Waals surface area contributed by atoms with Gasteiger partial charge in [0.15, 0.2) is 0 Å². The van der Waals surface area contributed by atoms with Gasteiger partial charge in [-0.15, -0.1) is 0 Å². The first-order valence-electron chi connectivity index (χ1n) is 5.46. The molecule has 2 aromatic rings. The molecule has 92 valence electrons. The van der Waals surface area contributed by atoms with Gasteiger partial charge in [0.05, 0.1) is 5.56 Å². The van der Waals surface area contributed by atoms with E-state index in [4.69, 9.17) is 5.73 Å². The summed E-state index contributed by atoms with van der Waals surface area (Å²) in [5.41, 5.74) is 7.40. The smallest absolute Gasteiger partial charge is 0.253 e. The number of pyridine rings is 1. The summed E-state index contributed by atoms with van der Waals surface area (Å²) in [5.74, 6) is -0.242. The molecule has 2 rings (SSSR count). The number of amides is 1. The van der Waals surface area contributed by atoms with E-state index in [9.17, 15) is 9.59 Å². The van der Waals surface area contributed by atoms with E-state index in [0.717, 1.165) is 5.56 Å². The van der Waals surface area contributed by atoms with Crippen molar-refractivity contribution in [2.75, 3.05) is 5.73 Å². The number of aromatic nitrogens is 1. The molecule has 1 aromatic carbocycles. The second-order valence-corrected chi connectivity index (χ2v) is 3.87. The highest BCUT2D eigenvalue weighted by Gasteiger charge is 2.04. The van der Waals surface area contributed by atoms with Crippen LogP contribution in [0.1, 0.15) is 15.9 Å². The molecular weight excluding hydrogens is 230 g/mol. The molecule has 5 heteroatoms. The van der Waals surface area contributed by atoms with Crippen LogP contribution in [0.15, 0.2) is 47.4 Å². The molecule has 0 aliphatic carbocycles. The van der Waals surface area contributed by atoms with Crippen LogP contribution in [0, 0.1) is 0 Å². The van der Waals surface area contributed by atoms with Gasteiger partial charge in [0.2, 0.25) is 5.56 Å². The number of nitrogen functional groups attached to an aromatic ring is 1. The number of carbonyl (C=O) groups excluding carboxylic acids is 1. The van der Waals surface area contributed by atoms with Crippen LogP contribution in [0.25, 0.3) is 0 Å². The second kappa shape index (κ2) is 5.18. The van der Waals surface area contributed by atoms with Gasteiger partial charge in [0, 0.05) is 24.5 Å². The van der Waals surface area contributed by atoms with Crippen LogP contribution in [-0.4, -0.2) is 10.9 Å². The van der Waals surface area contributed by atoms with Gasteiger partial charge in [0.1, 0.15) is 0 Å². The number of nitrogens with one attached hydrogen (secondary N) is 2. The van der Waals surface area contributed by atoms with Crippen LogP contribution in [0.2, 0.25) is 0 Å². The van der Waals surface area contributed by atoms with Crippen LogP contribution >= 0.6 is 0 Å². The van der Waals surface area contributed by atoms with Crippen LogP contribution in [-0.2, 0) is 6.54 Å². The first-order chi connectivity index (χ1) is 8.65. The number of aromatic amines is 1. The first kappa shape index (κ1) is 11.9. The molecule has 0 aliphatic heterocycles. The number of nitrogens with two attached hydrogens (primary N) is 1. The molecule has 0 atom stereocenters. The van der Waals surface area contributed by atoms with E-state index in [-0.39, 0.29) is 11.5 Å². The zero-order valence-corrected chi connectivity index (χ0v) is 9.64. The molecule has 1 amide bonds. The van der Waals surface area contributed by atoms with Crippen LogP contribution < -0.4 is 16.6 Å². The normalized spacial score (nSPS) is 10.0. The zero-order chi connectivity index (χ0) is 13.0. The number of hydrogen-bond acceptors (Lipinski definition) is 3. The molecule has 0 spiro atoms. The largest absolute Gasteiger partial charge is 0.399 e. The Kier molecular flexibility index (Phi) is 3.43. The van der Waals surface area contributed by atoms with Gasteiger partial charge in [-0.3, -0.25) is 9.59 Å². The minimum Gasteiger partial charge on any atom is -0.399 e. The molecule has 0 fully saturated rings. The average molecular weight is 243 g/mol. The molecule has 1 heterocycles. The molecule has 0 unspecified atom stereocenters. The Bertz CT molecular complexity index is 599. The molecule has 0 bridgehead atoms. The van der Waals surface area contributed by atoms with Gasteiger partial charge in [-0.1, -0.05) is 12.1 Å². The summed E-state index contributed by atoms with van der Waals surface area (Å²) in [7, 11) is 0. The predicted molar refractivity (Wildman–Crippen MR) is 69.1 cm³/mol. The summed E-state index contributed by atoms with van der Waals surface area (Å²) in [4.78, 5) is 25.1. The predicted octanol–water partition coefficient (Wildman–Crippen LogP) is 0.887. The molecule has 5 nitrogen and oxygen atoms in total. The SMILES string of the molecule is Nc1cccc(CNC(=O)c2ccc(=O)[nH]c2)c1. The van der Waals surface area contributed by atoms with Crippen molar-refractivity contribution in [3.63, 3.8) is 0 Å². The monoisotopic (exact) mass is 243 g/mol. The number of benzene rings is 1.